The summed E-state index contributed by atoms with van der Waals surface area (Å²) in [7, 11) is 0. The van der Waals surface area contributed by atoms with Gasteiger partial charge in [-0.25, -0.2) is 0 Å². The highest BCUT2D eigenvalue weighted by Crippen LogP contribution is 2.34. The molecule has 1 unspecified atom stereocenters. The number of aromatic nitrogens is 2. The Labute approximate surface area is 117 Å². The van der Waals surface area contributed by atoms with Crippen LogP contribution >= 0.6 is 0 Å². The third kappa shape index (κ3) is 2.80. The highest BCUT2D eigenvalue weighted by Gasteiger charge is 2.33. The molecule has 2 heterocycles. The third-order valence-electron chi connectivity index (χ3n) is 3.07. The summed E-state index contributed by atoms with van der Waals surface area (Å²) in [6.45, 7) is 0.0265. The third-order valence-corrected chi connectivity index (χ3v) is 3.07. The first-order valence-electron chi connectivity index (χ1n) is 6.12. The van der Waals surface area contributed by atoms with Gasteiger partial charge in [-0.15, -0.1) is 0 Å². The lowest BCUT2D eigenvalue weighted by atomic mass is 10.1. The molecule has 3 rings (SSSR count). The van der Waals surface area contributed by atoms with E-state index in [9.17, 15) is 18.3 Å². The summed E-state index contributed by atoms with van der Waals surface area (Å²) in [6, 6.07) is 5.74. The molecule has 112 valence electrons. The van der Waals surface area contributed by atoms with E-state index in [2.05, 4.69) is 5.10 Å². The first-order chi connectivity index (χ1) is 9.93. The molecular formula is C13H11F3N2O3. The van der Waals surface area contributed by atoms with E-state index >= 15 is 0 Å². The molecule has 0 bridgehead atoms. The van der Waals surface area contributed by atoms with E-state index in [1.165, 1.54) is 6.20 Å². The molecule has 1 aliphatic rings. The summed E-state index contributed by atoms with van der Waals surface area (Å²) in [5.41, 5.74) is -0.469. The summed E-state index contributed by atoms with van der Waals surface area (Å²) in [4.78, 5) is 0. The second-order valence-electron chi connectivity index (χ2n) is 4.55. The number of halogens is 3. The van der Waals surface area contributed by atoms with Gasteiger partial charge in [0.15, 0.2) is 17.2 Å². The normalized spacial score (nSPS) is 15.2. The number of rotatable bonds is 3. The molecule has 0 aliphatic carbocycles. The Kier molecular flexibility index (Phi) is 3.25. The van der Waals surface area contributed by atoms with Gasteiger partial charge < -0.3 is 14.6 Å². The van der Waals surface area contributed by atoms with E-state index in [-0.39, 0.29) is 13.3 Å². The Morgan fingerprint density at radius 2 is 2.00 bits per heavy atom. The van der Waals surface area contributed by atoms with Gasteiger partial charge in [0.2, 0.25) is 6.79 Å². The summed E-state index contributed by atoms with van der Waals surface area (Å²) >= 11 is 0. The van der Waals surface area contributed by atoms with Crippen molar-refractivity contribution in [3.63, 3.8) is 0 Å². The van der Waals surface area contributed by atoms with E-state index < -0.39 is 18.0 Å². The minimum atomic E-state index is -4.49. The van der Waals surface area contributed by atoms with Crippen LogP contribution in [0, 0.1) is 0 Å². The van der Waals surface area contributed by atoms with Crippen LogP contribution in [0.5, 0.6) is 11.5 Å². The maximum absolute atomic E-state index is 12.4. The number of aliphatic hydroxyl groups is 1. The van der Waals surface area contributed by atoms with Crippen LogP contribution in [0.1, 0.15) is 17.4 Å². The summed E-state index contributed by atoms with van der Waals surface area (Å²) in [5.74, 6) is 1.08. The molecule has 0 saturated carbocycles. The second kappa shape index (κ2) is 4.96. The zero-order valence-electron chi connectivity index (χ0n) is 10.7. The van der Waals surface area contributed by atoms with Crippen LogP contribution in [0.2, 0.25) is 0 Å². The van der Waals surface area contributed by atoms with Crippen LogP contribution in [0.4, 0.5) is 13.2 Å². The fourth-order valence-electron chi connectivity index (χ4n) is 2.02. The highest BCUT2D eigenvalue weighted by molar-refractivity contribution is 5.45. The maximum atomic E-state index is 12.4. The predicted molar refractivity (Wildman–Crippen MR) is 64.8 cm³/mol. The molecule has 1 N–H and O–H groups in total. The van der Waals surface area contributed by atoms with E-state index in [0.717, 1.165) is 10.7 Å². The van der Waals surface area contributed by atoms with Crippen molar-refractivity contribution in [2.24, 2.45) is 0 Å². The average molecular weight is 300 g/mol. The van der Waals surface area contributed by atoms with Crippen molar-refractivity contribution in [2.75, 3.05) is 6.79 Å². The fourth-order valence-corrected chi connectivity index (χ4v) is 2.02. The molecule has 0 fully saturated rings. The van der Waals surface area contributed by atoms with Gasteiger partial charge in [-0.05, 0) is 23.8 Å². The molecule has 1 atom stereocenters. The Bertz CT molecular complexity index is 654. The number of ether oxygens (including phenoxy) is 2. The number of benzene rings is 1. The second-order valence-corrected chi connectivity index (χ2v) is 4.55. The molecule has 1 aromatic heterocycles. The zero-order chi connectivity index (χ0) is 15.0. The van der Waals surface area contributed by atoms with Crippen molar-refractivity contribution in [3.8, 4) is 11.5 Å². The van der Waals surface area contributed by atoms with Gasteiger partial charge in [-0.2, -0.15) is 18.3 Å². The summed E-state index contributed by atoms with van der Waals surface area (Å²) < 4.78 is 48.7. The first-order valence-corrected chi connectivity index (χ1v) is 6.12. The van der Waals surface area contributed by atoms with Crippen molar-refractivity contribution in [1.29, 1.82) is 0 Å². The maximum Gasteiger partial charge on any atom is 0.435 e. The lowest BCUT2D eigenvalue weighted by Crippen LogP contribution is -2.12. The number of nitrogens with zero attached hydrogens (tertiary/aromatic N) is 2. The quantitative estimate of drug-likeness (QED) is 0.945. The van der Waals surface area contributed by atoms with Crippen molar-refractivity contribution in [1.82, 2.24) is 9.78 Å². The average Bonchev–Trinajstić information content (AvgIpc) is 3.04. The van der Waals surface area contributed by atoms with E-state index in [0.29, 0.717) is 17.1 Å². The Morgan fingerprint density at radius 1 is 1.24 bits per heavy atom. The van der Waals surface area contributed by atoms with Gasteiger partial charge in [0.05, 0.1) is 12.6 Å². The minimum absolute atomic E-state index is 0.0876. The molecule has 5 nitrogen and oxygen atoms in total. The van der Waals surface area contributed by atoms with Crippen LogP contribution in [-0.4, -0.2) is 21.7 Å². The standard InChI is InChI=1S/C13H11F3N2O3/c14-13(15,16)12-3-4-18(17-12)6-9(19)8-1-2-10-11(5-8)21-7-20-10/h1-5,9,19H,6-7H2. The molecule has 21 heavy (non-hydrogen) atoms. The number of hydrogen-bond donors (Lipinski definition) is 1. The van der Waals surface area contributed by atoms with Crippen LogP contribution in [0.3, 0.4) is 0 Å². The van der Waals surface area contributed by atoms with Crippen LogP contribution in [0.25, 0.3) is 0 Å². The Balaban J connectivity index is 1.74. The largest absolute Gasteiger partial charge is 0.454 e. The van der Waals surface area contributed by atoms with Crippen molar-refractivity contribution in [2.45, 2.75) is 18.8 Å². The summed E-state index contributed by atoms with van der Waals surface area (Å²) in [5, 5.41) is 13.5. The van der Waals surface area contributed by atoms with Gasteiger partial charge >= 0.3 is 6.18 Å². The van der Waals surface area contributed by atoms with E-state index in [4.69, 9.17) is 9.47 Å². The fraction of sp³-hybridized carbons (Fsp3) is 0.308. The zero-order valence-corrected chi connectivity index (χ0v) is 10.7. The van der Waals surface area contributed by atoms with Crippen molar-refractivity contribution < 1.29 is 27.8 Å². The number of alkyl halides is 3. The molecular weight excluding hydrogens is 289 g/mol. The van der Waals surface area contributed by atoms with Gasteiger partial charge in [0, 0.05) is 6.20 Å². The highest BCUT2D eigenvalue weighted by atomic mass is 19.4. The number of hydrogen-bond acceptors (Lipinski definition) is 4. The van der Waals surface area contributed by atoms with Crippen LogP contribution in [-0.2, 0) is 12.7 Å². The predicted octanol–water partition coefficient (Wildman–Crippen LogP) is 2.36. The summed E-state index contributed by atoms with van der Waals surface area (Å²) in [6.07, 6.45) is -4.31. The van der Waals surface area contributed by atoms with Crippen molar-refractivity contribution >= 4 is 0 Å². The molecule has 8 heteroatoms. The van der Waals surface area contributed by atoms with Gasteiger partial charge in [-0.1, -0.05) is 6.07 Å². The number of aliphatic hydroxyl groups excluding tert-OH is 1. The molecule has 0 radical (unpaired) electrons. The lowest BCUT2D eigenvalue weighted by molar-refractivity contribution is -0.141. The molecule has 0 spiro atoms. The Morgan fingerprint density at radius 3 is 2.71 bits per heavy atom. The van der Waals surface area contributed by atoms with Gasteiger partial charge in [0.25, 0.3) is 0 Å². The molecule has 1 aliphatic heterocycles. The Hall–Kier alpha value is -2.22. The molecule has 2 aromatic rings. The number of fused-ring (bicyclic) bond motifs is 1. The van der Waals surface area contributed by atoms with Crippen LogP contribution < -0.4 is 9.47 Å². The molecule has 0 amide bonds. The van der Waals surface area contributed by atoms with Gasteiger partial charge in [0.1, 0.15) is 0 Å². The molecule has 0 saturated heterocycles. The van der Waals surface area contributed by atoms with Gasteiger partial charge in [-0.3, -0.25) is 4.68 Å². The topological polar surface area (TPSA) is 56.5 Å². The van der Waals surface area contributed by atoms with E-state index in [1.54, 1.807) is 18.2 Å². The minimum Gasteiger partial charge on any atom is -0.454 e. The monoisotopic (exact) mass is 300 g/mol. The first kappa shape index (κ1) is 13.7. The lowest BCUT2D eigenvalue weighted by Gasteiger charge is -2.12. The van der Waals surface area contributed by atoms with E-state index in [1.807, 2.05) is 0 Å². The molecule has 1 aromatic carbocycles. The smallest absolute Gasteiger partial charge is 0.435 e. The van der Waals surface area contributed by atoms with Crippen molar-refractivity contribution in [3.05, 3.63) is 41.7 Å². The SMILES string of the molecule is OC(Cn1ccc(C(F)(F)F)n1)c1ccc2c(c1)OCO2. The van der Waals surface area contributed by atoms with Crippen LogP contribution in [0.15, 0.2) is 30.5 Å².